The summed E-state index contributed by atoms with van der Waals surface area (Å²) in [6, 6.07) is 14.3. The highest BCUT2D eigenvalue weighted by molar-refractivity contribution is 7.75. The Morgan fingerprint density at radius 3 is 2.12 bits per heavy atom. The fourth-order valence-electron chi connectivity index (χ4n) is 6.91. The lowest BCUT2D eigenvalue weighted by Crippen LogP contribution is -2.55. The smallest absolute Gasteiger partial charge is 0.137 e. The number of hydrogen-bond acceptors (Lipinski definition) is 5. The number of fused-ring (bicyclic) bond motifs is 7. The SMILES string of the molecule is C[C@H]1N2C=CN1C1CCCCCC1N1C=CN3c4cccc5c4P(c4c(cccc42)O5)[C@H]31. The van der Waals surface area contributed by atoms with Gasteiger partial charge in [-0.15, -0.1) is 0 Å². The second-order valence-electron chi connectivity index (χ2n) is 9.78. The first kappa shape index (κ1) is 17.9. The standard InChI is InChI=1S/C26H27N4OP/c1-17-27-13-14-28(17)20-9-5-11-22-24(20)32-25-21(10-6-12-23(25)31-22)30-16-15-29(26(30)32)19-8-4-2-3-7-18(19)27/h5-6,9-19,26H,2-4,7-8H2,1H3/t17-,18?,19?,26+,32?/m1/s1. The van der Waals surface area contributed by atoms with Crippen molar-refractivity contribution in [1.29, 1.82) is 0 Å². The Bertz CT molecular complexity index is 1190. The Morgan fingerprint density at radius 1 is 0.750 bits per heavy atom. The number of benzene rings is 2. The van der Waals surface area contributed by atoms with E-state index in [1.165, 1.54) is 54.1 Å². The molecule has 1 saturated carbocycles. The topological polar surface area (TPSA) is 22.2 Å². The molecular formula is C26H27N4OP. The molecule has 6 aliphatic rings. The van der Waals surface area contributed by atoms with Crippen LogP contribution in [0.2, 0.25) is 0 Å². The minimum Gasteiger partial charge on any atom is -0.456 e. The molecule has 0 saturated heterocycles. The van der Waals surface area contributed by atoms with Crippen molar-refractivity contribution in [3.05, 3.63) is 61.2 Å². The third kappa shape index (κ3) is 2.09. The molecule has 5 atom stereocenters. The Morgan fingerprint density at radius 2 is 1.38 bits per heavy atom. The Hall–Kier alpha value is -2.65. The van der Waals surface area contributed by atoms with Crippen molar-refractivity contribution < 1.29 is 4.74 Å². The third-order valence-electron chi connectivity index (χ3n) is 8.30. The minimum absolute atomic E-state index is 0.320. The summed E-state index contributed by atoms with van der Waals surface area (Å²) in [4.78, 5) is 10.5. The minimum atomic E-state index is -0.596. The summed E-state index contributed by atoms with van der Waals surface area (Å²) >= 11 is 0. The molecule has 2 aromatic rings. The van der Waals surface area contributed by atoms with Crippen LogP contribution in [0.3, 0.4) is 0 Å². The molecule has 6 heteroatoms. The molecule has 5 aliphatic heterocycles. The summed E-state index contributed by atoms with van der Waals surface area (Å²) in [5.41, 5.74) is 2.66. The first-order valence-corrected chi connectivity index (χ1v) is 13.4. The van der Waals surface area contributed by atoms with E-state index in [0.717, 1.165) is 11.5 Å². The normalized spacial score (nSPS) is 32.6. The third-order valence-corrected chi connectivity index (χ3v) is 11.1. The van der Waals surface area contributed by atoms with Crippen molar-refractivity contribution in [3.8, 4) is 11.5 Å². The summed E-state index contributed by atoms with van der Waals surface area (Å²) in [5, 5.41) is 2.84. The highest BCUT2D eigenvalue weighted by Gasteiger charge is 2.53. The molecule has 0 aromatic heterocycles. The van der Waals surface area contributed by atoms with Gasteiger partial charge in [0, 0.05) is 32.7 Å². The van der Waals surface area contributed by atoms with Gasteiger partial charge in [-0.2, -0.15) is 0 Å². The maximum Gasteiger partial charge on any atom is 0.137 e. The van der Waals surface area contributed by atoms with E-state index in [9.17, 15) is 0 Å². The molecule has 0 amide bonds. The summed E-state index contributed by atoms with van der Waals surface area (Å²) in [6.45, 7) is 2.37. The first-order chi connectivity index (χ1) is 15.8. The van der Waals surface area contributed by atoms with Gasteiger partial charge in [0.25, 0.3) is 0 Å². The van der Waals surface area contributed by atoms with E-state index in [1.54, 1.807) is 0 Å². The van der Waals surface area contributed by atoms with E-state index in [-0.39, 0.29) is 0 Å². The fourth-order valence-corrected chi connectivity index (χ4v) is 10.2. The maximum absolute atomic E-state index is 6.56. The monoisotopic (exact) mass is 442 g/mol. The molecule has 3 unspecified atom stereocenters. The van der Waals surface area contributed by atoms with Crippen molar-refractivity contribution in [2.75, 3.05) is 9.80 Å². The summed E-state index contributed by atoms with van der Waals surface area (Å²) in [6.07, 6.45) is 16.3. The predicted molar refractivity (Wildman–Crippen MR) is 130 cm³/mol. The second kappa shape index (κ2) is 6.23. The van der Waals surface area contributed by atoms with Gasteiger partial charge in [-0.1, -0.05) is 31.4 Å². The van der Waals surface area contributed by atoms with Gasteiger partial charge in [0.05, 0.1) is 34.1 Å². The molecular weight excluding hydrogens is 415 g/mol. The first-order valence-electron chi connectivity index (χ1n) is 12.0. The van der Waals surface area contributed by atoms with E-state index >= 15 is 0 Å². The second-order valence-corrected chi connectivity index (χ2v) is 11.9. The molecule has 8 rings (SSSR count). The van der Waals surface area contributed by atoms with Crippen LogP contribution >= 0.6 is 7.92 Å². The molecule has 1 aliphatic carbocycles. The molecule has 2 aromatic carbocycles. The molecule has 0 radical (unpaired) electrons. The molecule has 0 N–H and O–H groups in total. The molecule has 2 bridgehead atoms. The number of ether oxygens (including phenoxy) is 1. The van der Waals surface area contributed by atoms with Gasteiger partial charge in [0.15, 0.2) is 0 Å². The fraction of sp³-hybridized carbons (Fsp3) is 0.385. The van der Waals surface area contributed by atoms with E-state index in [1.807, 2.05) is 0 Å². The van der Waals surface area contributed by atoms with Crippen LogP contribution in [0.4, 0.5) is 11.4 Å². The van der Waals surface area contributed by atoms with E-state index in [2.05, 4.69) is 87.7 Å². The molecule has 1 fully saturated rings. The Labute approximate surface area is 190 Å². The maximum atomic E-state index is 6.56. The zero-order chi connectivity index (χ0) is 21.0. The van der Waals surface area contributed by atoms with Crippen LogP contribution in [0.5, 0.6) is 11.5 Å². The summed E-state index contributed by atoms with van der Waals surface area (Å²) in [5.74, 6) is 2.46. The van der Waals surface area contributed by atoms with Crippen molar-refractivity contribution in [1.82, 2.24) is 9.80 Å². The summed E-state index contributed by atoms with van der Waals surface area (Å²) < 4.78 is 6.56. The van der Waals surface area contributed by atoms with Crippen molar-refractivity contribution in [2.24, 2.45) is 0 Å². The quantitative estimate of drug-likeness (QED) is 0.547. The van der Waals surface area contributed by atoms with E-state index in [0.29, 0.717) is 24.2 Å². The highest BCUT2D eigenvalue weighted by Crippen LogP contribution is 2.62. The lowest BCUT2D eigenvalue weighted by atomic mass is 10.00. The van der Waals surface area contributed by atoms with Crippen LogP contribution in [0.15, 0.2) is 61.2 Å². The van der Waals surface area contributed by atoms with Crippen LogP contribution in [-0.2, 0) is 0 Å². The van der Waals surface area contributed by atoms with Gasteiger partial charge in [0.2, 0.25) is 0 Å². The number of hydrogen-bond donors (Lipinski definition) is 0. The molecule has 5 nitrogen and oxygen atoms in total. The molecule has 32 heavy (non-hydrogen) atoms. The van der Waals surface area contributed by atoms with Gasteiger partial charge in [-0.25, -0.2) is 0 Å². The highest BCUT2D eigenvalue weighted by atomic mass is 31.1. The lowest BCUT2D eigenvalue weighted by Gasteiger charge is -2.47. The van der Waals surface area contributed by atoms with E-state index in [4.69, 9.17) is 4.74 Å². The largest absolute Gasteiger partial charge is 0.456 e. The number of anilines is 2. The Balaban J connectivity index is 1.42. The van der Waals surface area contributed by atoms with Crippen molar-refractivity contribution in [3.63, 3.8) is 0 Å². The number of nitrogens with zero attached hydrogens (tertiary/aromatic N) is 4. The van der Waals surface area contributed by atoms with Gasteiger partial charge in [-0.3, -0.25) is 0 Å². The van der Waals surface area contributed by atoms with Crippen molar-refractivity contribution >= 4 is 29.9 Å². The molecule has 0 spiro atoms. The van der Waals surface area contributed by atoms with Crippen LogP contribution in [0.25, 0.3) is 0 Å². The average Bonchev–Trinajstić information content (AvgIpc) is 3.43. The number of rotatable bonds is 0. The zero-order valence-electron chi connectivity index (χ0n) is 18.3. The predicted octanol–water partition coefficient (Wildman–Crippen LogP) is 4.77. The molecule has 5 heterocycles. The van der Waals surface area contributed by atoms with Crippen molar-refractivity contribution in [2.45, 2.75) is 63.2 Å². The van der Waals surface area contributed by atoms with Gasteiger partial charge in [-0.05, 0) is 44.0 Å². The average molecular weight is 443 g/mol. The van der Waals surface area contributed by atoms with Gasteiger partial charge < -0.3 is 24.3 Å². The van der Waals surface area contributed by atoms with Gasteiger partial charge >= 0.3 is 0 Å². The van der Waals surface area contributed by atoms with Crippen LogP contribution in [0, 0.1) is 0 Å². The van der Waals surface area contributed by atoms with Crippen LogP contribution < -0.4 is 25.1 Å². The van der Waals surface area contributed by atoms with E-state index < -0.39 is 7.92 Å². The zero-order valence-corrected chi connectivity index (χ0v) is 19.2. The Kier molecular flexibility index (Phi) is 3.47. The molecule has 162 valence electrons. The van der Waals surface area contributed by atoms with Crippen LogP contribution in [-0.4, -0.2) is 34.0 Å². The lowest BCUT2D eigenvalue weighted by molar-refractivity contribution is 0.116. The summed E-state index contributed by atoms with van der Waals surface area (Å²) in [7, 11) is -0.596. The van der Waals surface area contributed by atoms with Crippen LogP contribution in [0.1, 0.15) is 39.0 Å². The van der Waals surface area contributed by atoms with Gasteiger partial charge in [0.1, 0.15) is 23.6 Å².